The Bertz CT molecular complexity index is 173. The van der Waals surface area contributed by atoms with E-state index >= 15 is 0 Å². The van der Waals surface area contributed by atoms with E-state index in [2.05, 4.69) is 10.5 Å². The number of hydrogen-bond acceptors (Lipinski definition) is 4. The van der Waals surface area contributed by atoms with Crippen molar-refractivity contribution in [2.24, 2.45) is 0 Å². The lowest BCUT2D eigenvalue weighted by molar-refractivity contribution is -0.380. The van der Waals surface area contributed by atoms with Crippen LogP contribution in [0.4, 0.5) is 0 Å². The van der Waals surface area contributed by atoms with E-state index in [9.17, 15) is 0 Å². The van der Waals surface area contributed by atoms with Gasteiger partial charge in [0.15, 0.2) is 0 Å². The van der Waals surface area contributed by atoms with Gasteiger partial charge in [-0.1, -0.05) is 19.3 Å². The molecule has 5 heteroatoms. The second-order valence-electron chi connectivity index (χ2n) is 4.35. The molecule has 0 aliphatic carbocycles. The van der Waals surface area contributed by atoms with Gasteiger partial charge in [0, 0.05) is 32.8 Å². The molecule has 0 amide bonds. The number of ether oxygens (including phenoxy) is 3. The Labute approximate surface area is 121 Å². The average molecular weight is 289 g/mol. The highest BCUT2D eigenvalue weighted by atomic mass is 28.2. The molecule has 0 aromatic carbocycles. The Balaban J connectivity index is 3.89. The fourth-order valence-electron chi connectivity index (χ4n) is 2.05. The molecular weight excluding hydrogens is 260 g/mol. The van der Waals surface area contributed by atoms with Crippen LogP contribution >= 0.6 is 0 Å². The molecule has 0 fully saturated rings. The average Bonchev–Trinajstić information content (AvgIpc) is 2.39. The van der Waals surface area contributed by atoms with Crippen molar-refractivity contribution in [1.29, 1.82) is 0 Å². The van der Waals surface area contributed by atoms with Gasteiger partial charge in [-0.15, -0.1) is 0 Å². The summed E-state index contributed by atoms with van der Waals surface area (Å²) in [6.45, 7) is 8.47. The molecule has 0 saturated carbocycles. The SMILES string of the molecule is CCOC(CCCCCCCO[Si])(OCC)OCC. The van der Waals surface area contributed by atoms with Crippen LogP contribution in [0.2, 0.25) is 0 Å². The molecule has 0 aromatic heterocycles. The summed E-state index contributed by atoms with van der Waals surface area (Å²) in [5, 5.41) is 0. The fourth-order valence-corrected chi connectivity index (χ4v) is 2.19. The van der Waals surface area contributed by atoms with Crippen molar-refractivity contribution in [3.05, 3.63) is 0 Å². The van der Waals surface area contributed by atoms with Crippen LogP contribution in [0.3, 0.4) is 0 Å². The van der Waals surface area contributed by atoms with Crippen LogP contribution in [0.15, 0.2) is 0 Å². The van der Waals surface area contributed by atoms with E-state index in [0.717, 1.165) is 32.3 Å². The van der Waals surface area contributed by atoms with Crippen LogP contribution < -0.4 is 0 Å². The largest absolute Gasteiger partial charge is 0.419 e. The van der Waals surface area contributed by atoms with Gasteiger partial charge in [0.2, 0.25) is 10.5 Å². The third kappa shape index (κ3) is 9.57. The summed E-state index contributed by atoms with van der Waals surface area (Å²) in [7, 11) is 3.01. The minimum atomic E-state index is -0.836. The van der Waals surface area contributed by atoms with Gasteiger partial charge in [0.05, 0.1) is 0 Å². The van der Waals surface area contributed by atoms with Crippen molar-refractivity contribution in [3.63, 3.8) is 0 Å². The molecule has 0 bridgehead atoms. The molecule has 0 unspecified atom stereocenters. The zero-order chi connectivity index (χ0) is 14.4. The second kappa shape index (κ2) is 13.1. The first-order valence-electron chi connectivity index (χ1n) is 7.45. The first-order valence-corrected chi connectivity index (χ1v) is 7.85. The highest BCUT2D eigenvalue weighted by Crippen LogP contribution is 2.23. The van der Waals surface area contributed by atoms with Crippen molar-refractivity contribution >= 4 is 10.5 Å². The molecule has 0 spiro atoms. The maximum atomic E-state index is 5.68. The Morgan fingerprint density at radius 2 is 1.21 bits per heavy atom. The minimum absolute atomic E-state index is 0.600. The van der Waals surface area contributed by atoms with E-state index in [4.69, 9.17) is 18.6 Å². The third-order valence-electron chi connectivity index (χ3n) is 2.82. The molecule has 0 aromatic rings. The molecule has 4 nitrogen and oxygen atoms in total. The lowest BCUT2D eigenvalue weighted by atomic mass is 10.1. The zero-order valence-electron chi connectivity index (χ0n) is 12.7. The summed E-state index contributed by atoms with van der Waals surface area (Å²) in [5.41, 5.74) is 0. The first kappa shape index (κ1) is 19.1. The minimum Gasteiger partial charge on any atom is -0.419 e. The highest BCUT2D eigenvalue weighted by molar-refractivity contribution is 5.97. The molecule has 113 valence electrons. The topological polar surface area (TPSA) is 36.9 Å². The van der Waals surface area contributed by atoms with E-state index in [-0.39, 0.29) is 0 Å². The lowest BCUT2D eigenvalue weighted by Gasteiger charge is -2.32. The number of rotatable bonds is 14. The lowest BCUT2D eigenvalue weighted by Crippen LogP contribution is -2.39. The van der Waals surface area contributed by atoms with Crippen LogP contribution in [-0.4, -0.2) is 42.9 Å². The van der Waals surface area contributed by atoms with Crippen molar-refractivity contribution in [2.75, 3.05) is 26.4 Å². The highest BCUT2D eigenvalue weighted by Gasteiger charge is 2.31. The summed E-state index contributed by atoms with van der Waals surface area (Å²) in [6.07, 6.45) is 6.49. The van der Waals surface area contributed by atoms with Crippen molar-refractivity contribution in [1.82, 2.24) is 0 Å². The predicted molar refractivity (Wildman–Crippen MR) is 77.0 cm³/mol. The normalized spacial score (nSPS) is 12.0. The Hall–Kier alpha value is 0.0569. The summed E-state index contributed by atoms with van der Waals surface area (Å²) in [5.74, 6) is -0.836. The molecule has 19 heavy (non-hydrogen) atoms. The van der Waals surface area contributed by atoms with Gasteiger partial charge in [0.25, 0.3) is 5.97 Å². The van der Waals surface area contributed by atoms with Crippen LogP contribution in [0.5, 0.6) is 0 Å². The van der Waals surface area contributed by atoms with Gasteiger partial charge in [0.1, 0.15) is 0 Å². The number of unbranched alkanes of at least 4 members (excludes halogenated alkanes) is 4. The van der Waals surface area contributed by atoms with Crippen molar-refractivity contribution < 1.29 is 18.6 Å². The monoisotopic (exact) mass is 289 g/mol. The van der Waals surface area contributed by atoms with E-state index in [0.29, 0.717) is 19.8 Å². The molecule has 3 radical (unpaired) electrons. The Kier molecular flexibility index (Phi) is 13.1. The van der Waals surface area contributed by atoms with Crippen LogP contribution in [0.25, 0.3) is 0 Å². The molecule has 0 rings (SSSR count). The smallest absolute Gasteiger partial charge is 0.282 e. The molecule has 0 heterocycles. The molecule has 0 atom stereocenters. The van der Waals surface area contributed by atoms with E-state index in [1.165, 1.54) is 12.8 Å². The fraction of sp³-hybridized carbons (Fsp3) is 1.00. The van der Waals surface area contributed by atoms with Gasteiger partial charge in [-0.05, 0) is 33.6 Å². The van der Waals surface area contributed by atoms with E-state index in [1.807, 2.05) is 20.8 Å². The van der Waals surface area contributed by atoms with Crippen LogP contribution in [-0.2, 0) is 18.6 Å². The molecule has 0 saturated heterocycles. The second-order valence-corrected chi connectivity index (χ2v) is 4.64. The molecule has 0 N–H and O–H groups in total. The standard InChI is InChI=1S/C14H29O4Si/c1-4-15-14(16-5-2,17-6-3)12-10-8-7-9-11-13-18-19/h4-13H2,1-3H3. The predicted octanol–water partition coefficient (Wildman–Crippen LogP) is 3.19. The van der Waals surface area contributed by atoms with Gasteiger partial charge in [-0.25, -0.2) is 0 Å². The summed E-state index contributed by atoms with van der Waals surface area (Å²) >= 11 is 0. The summed E-state index contributed by atoms with van der Waals surface area (Å²) in [4.78, 5) is 0. The zero-order valence-corrected chi connectivity index (χ0v) is 13.7. The summed E-state index contributed by atoms with van der Waals surface area (Å²) < 4.78 is 21.9. The van der Waals surface area contributed by atoms with Gasteiger partial charge < -0.3 is 18.6 Å². The summed E-state index contributed by atoms with van der Waals surface area (Å²) in [6, 6.07) is 0. The Morgan fingerprint density at radius 3 is 1.68 bits per heavy atom. The van der Waals surface area contributed by atoms with Crippen LogP contribution in [0, 0.1) is 0 Å². The Morgan fingerprint density at radius 1 is 0.737 bits per heavy atom. The third-order valence-corrected chi connectivity index (χ3v) is 3.03. The molecular formula is C14H29O4Si. The van der Waals surface area contributed by atoms with Crippen molar-refractivity contribution in [2.45, 2.75) is 65.3 Å². The molecule has 0 aliphatic heterocycles. The van der Waals surface area contributed by atoms with Gasteiger partial charge in [-0.2, -0.15) is 0 Å². The van der Waals surface area contributed by atoms with Gasteiger partial charge in [-0.3, -0.25) is 0 Å². The maximum Gasteiger partial charge on any atom is 0.282 e. The van der Waals surface area contributed by atoms with Gasteiger partial charge >= 0.3 is 0 Å². The van der Waals surface area contributed by atoms with Crippen molar-refractivity contribution in [3.8, 4) is 0 Å². The van der Waals surface area contributed by atoms with Crippen LogP contribution in [0.1, 0.15) is 59.3 Å². The maximum absolute atomic E-state index is 5.68. The van der Waals surface area contributed by atoms with E-state index < -0.39 is 5.97 Å². The quantitative estimate of drug-likeness (QED) is 0.279. The van der Waals surface area contributed by atoms with E-state index in [1.54, 1.807) is 0 Å². The number of hydrogen-bond donors (Lipinski definition) is 0. The first-order chi connectivity index (χ1) is 9.24. The molecule has 0 aliphatic rings.